The first kappa shape index (κ1) is 12.2. The minimum Gasteiger partial charge on any atom is -0.308 e. The van der Waals surface area contributed by atoms with Gasteiger partial charge in [0.05, 0.1) is 5.69 Å². The first-order chi connectivity index (χ1) is 9.81. The number of amides is 2. The predicted molar refractivity (Wildman–Crippen MR) is 79.9 cm³/mol. The van der Waals surface area contributed by atoms with E-state index in [0.29, 0.717) is 5.82 Å². The summed E-state index contributed by atoms with van der Waals surface area (Å²) >= 11 is 0. The quantitative estimate of drug-likeness (QED) is 0.738. The average Bonchev–Trinajstić information content (AvgIpc) is 2.68. The normalized spacial score (nSPS) is 10.2. The van der Waals surface area contributed by atoms with Gasteiger partial charge in [-0.3, -0.25) is 5.32 Å². The van der Waals surface area contributed by atoms with Gasteiger partial charge in [0.2, 0.25) is 0 Å². The molecule has 0 spiro atoms. The first-order valence-corrected chi connectivity index (χ1v) is 6.30. The van der Waals surface area contributed by atoms with Gasteiger partial charge < -0.3 is 5.32 Å². The van der Waals surface area contributed by atoms with Crippen molar-refractivity contribution in [1.82, 2.24) is 4.98 Å². The Morgan fingerprint density at radius 2 is 1.55 bits per heavy atom. The molecule has 4 heteroatoms. The lowest BCUT2D eigenvalue weighted by Crippen LogP contribution is -2.19. The molecule has 0 bridgehead atoms. The monoisotopic (exact) mass is 263 g/mol. The molecule has 0 fully saturated rings. The number of carbonyl (C=O) groups excluding carboxylic acids is 1. The smallest absolute Gasteiger partial charge is 0.308 e. The van der Waals surface area contributed by atoms with Crippen molar-refractivity contribution in [2.24, 2.45) is 0 Å². The van der Waals surface area contributed by atoms with Gasteiger partial charge >= 0.3 is 6.03 Å². The van der Waals surface area contributed by atoms with E-state index >= 15 is 0 Å². The molecular formula is C16H13N3O. The molecule has 0 saturated heterocycles. The fourth-order valence-corrected chi connectivity index (χ4v) is 1.95. The first-order valence-electron chi connectivity index (χ1n) is 6.30. The van der Waals surface area contributed by atoms with Gasteiger partial charge in [-0.15, -0.1) is 0 Å². The lowest BCUT2D eigenvalue weighted by molar-refractivity contribution is 0.262. The molecule has 2 N–H and O–H groups in total. The van der Waals surface area contributed by atoms with Crippen LogP contribution in [0.3, 0.4) is 0 Å². The highest BCUT2D eigenvalue weighted by atomic mass is 16.2. The number of urea groups is 1. The standard InChI is InChI=1S/C16H13N3O/c20-16(17-13-8-4-2-5-9-13)19-15-11-12-7-3-1-6-10-14(12)18-15/h1-11H,(H2,17,18,19,20). The number of para-hydroxylation sites is 1. The molecule has 1 aliphatic carbocycles. The number of aromatic nitrogens is 1. The molecule has 20 heavy (non-hydrogen) atoms. The minimum atomic E-state index is -0.302. The number of benzene rings is 1. The van der Waals surface area contributed by atoms with Crippen LogP contribution in [0.4, 0.5) is 16.3 Å². The summed E-state index contributed by atoms with van der Waals surface area (Å²) in [5.74, 6) is 0.541. The molecule has 0 unspecified atom stereocenters. The lowest BCUT2D eigenvalue weighted by atomic mass is 10.2. The van der Waals surface area contributed by atoms with Crippen molar-refractivity contribution >= 4 is 17.5 Å². The van der Waals surface area contributed by atoms with Crippen molar-refractivity contribution < 1.29 is 4.79 Å². The van der Waals surface area contributed by atoms with Crippen LogP contribution in [0.5, 0.6) is 0 Å². The van der Waals surface area contributed by atoms with E-state index in [2.05, 4.69) is 15.6 Å². The van der Waals surface area contributed by atoms with Crippen molar-refractivity contribution in [3.63, 3.8) is 0 Å². The van der Waals surface area contributed by atoms with Gasteiger partial charge in [-0.1, -0.05) is 42.5 Å². The Bertz CT molecular complexity index is 666. The molecule has 0 atom stereocenters. The maximum Gasteiger partial charge on any atom is 0.324 e. The van der Waals surface area contributed by atoms with E-state index < -0.39 is 0 Å². The van der Waals surface area contributed by atoms with E-state index in [1.54, 1.807) is 0 Å². The van der Waals surface area contributed by atoms with Gasteiger partial charge in [0.1, 0.15) is 5.82 Å². The van der Waals surface area contributed by atoms with Gasteiger partial charge in [-0.25, -0.2) is 9.78 Å². The summed E-state index contributed by atoms with van der Waals surface area (Å²) in [7, 11) is 0. The third kappa shape index (κ3) is 2.75. The van der Waals surface area contributed by atoms with Gasteiger partial charge in [-0.05, 0) is 24.3 Å². The maximum absolute atomic E-state index is 11.9. The van der Waals surface area contributed by atoms with Crippen LogP contribution in [0, 0.1) is 0 Å². The Morgan fingerprint density at radius 3 is 2.35 bits per heavy atom. The summed E-state index contributed by atoms with van der Waals surface area (Å²) in [6.45, 7) is 0. The zero-order chi connectivity index (χ0) is 13.8. The van der Waals surface area contributed by atoms with Crippen LogP contribution in [-0.4, -0.2) is 11.0 Å². The number of nitrogens with one attached hydrogen (secondary N) is 2. The van der Waals surface area contributed by atoms with E-state index in [4.69, 9.17) is 0 Å². The number of rotatable bonds is 2. The van der Waals surface area contributed by atoms with Crippen molar-refractivity contribution in [2.75, 3.05) is 10.6 Å². The Morgan fingerprint density at radius 1 is 0.850 bits per heavy atom. The number of fused-ring (bicyclic) bond motifs is 1. The largest absolute Gasteiger partial charge is 0.324 e. The van der Waals surface area contributed by atoms with E-state index in [9.17, 15) is 4.79 Å². The van der Waals surface area contributed by atoms with Gasteiger partial charge in [0.15, 0.2) is 0 Å². The van der Waals surface area contributed by atoms with Crippen molar-refractivity contribution in [3.05, 3.63) is 66.7 Å². The highest BCUT2D eigenvalue weighted by Crippen LogP contribution is 2.23. The van der Waals surface area contributed by atoms with Crippen LogP contribution in [0.2, 0.25) is 0 Å². The van der Waals surface area contributed by atoms with Gasteiger partial charge in [0, 0.05) is 11.3 Å². The average molecular weight is 263 g/mol. The fraction of sp³-hybridized carbons (Fsp3) is 0. The molecule has 3 rings (SSSR count). The summed E-state index contributed by atoms with van der Waals surface area (Å²) in [6, 6.07) is 20.5. The Hall–Kier alpha value is -2.88. The zero-order valence-electron chi connectivity index (χ0n) is 10.7. The second-order valence-corrected chi connectivity index (χ2v) is 4.34. The number of anilines is 2. The second kappa shape index (κ2) is 5.40. The van der Waals surface area contributed by atoms with Crippen LogP contribution in [0.1, 0.15) is 0 Å². The molecule has 2 amide bonds. The van der Waals surface area contributed by atoms with Crippen molar-refractivity contribution in [3.8, 4) is 11.3 Å². The van der Waals surface area contributed by atoms with Gasteiger partial charge in [-0.2, -0.15) is 0 Å². The number of carbonyl (C=O) groups is 1. The third-order valence-corrected chi connectivity index (χ3v) is 2.85. The van der Waals surface area contributed by atoms with Crippen LogP contribution in [-0.2, 0) is 0 Å². The van der Waals surface area contributed by atoms with Crippen LogP contribution >= 0.6 is 0 Å². The van der Waals surface area contributed by atoms with E-state index in [1.807, 2.05) is 66.7 Å². The molecule has 98 valence electrons. The summed E-state index contributed by atoms with van der Waals surface area (Å²) in [4.78, 5) is 16.2. The summed E-state index contributed by atoms with van der Waals surface area (Å²) < 4.78 is 0. The molecule has 2 aliphatic rings. The van der Waals surface area contributed by atoms with Crippen LogP contribution in [0.15, 0.2) is 66.7 Å². The lowest BCUT2D eigenvalue weighted by Gasteiger charge is -2.04. The molecule has 1 aromatic carbocycles. The Kier molecular flexibility index (Phi) is 3.29. The molecular weight excluding hydrogens is 250 g/mol. The SMILES string of the molecule is O=C(Nc1ccccc1)Nc1cc2cccccc-2n1. The van der Waals surface area contributed by atoms with Crippen molar-refractivity contribution in [1.29, 1.82) is 0 Å². The fourth-order valence-electron chi connectivity index (χ4n) is 1.95. The van der Waals surface area contributed by atoms with E-state index in [1.165, 1.54) is 0 Å². The molecule has 4 nitrogen and oxygen atoms in total. The highest BCUT2D eigenvalue weighted by Gasteiger charge is 2.09. The summed E-state index contributed by atoms with van der Waals surface area (Å²) in [6.07, 6.45) is 0. The molecule has 1 aliphatic heterocycles. The Labute approximate surface area is 116 Å². The third-order valence-electron chi connectivity index (χ3n) is 2.85. The molecule has 0 saturated carbocycles. The zero-order valence-corrected chi connectivity index (χ0v) is 10.7. The number of nitrogens with zero attached hydrogens (tertiary/aromatic N) is 1. The topological polar surface area (TPSA) is 54.0 Å². The molecule has 1 aromatic rings. The van der Waals surface area contributed by atoms with Crippen LogP contribution in [0.25, 0.3) is 11.3 Å². The summed E-state index contributed by atoms with van der Waals surface area (Å²) in [5, 5.41) is 5.48. The van der Waals surface area contributed by atoms with Gasteiger partial charge in [0.25, 0.3) is 0 Å². The number of hydrogen-bond acceptors (Lipinski definition) is 2. The highest BCUT2D eigenvalue weighted by molar-refractivity contribution is 5.99. The maximum atomic E-state index is 11.9. The molecule has 1 heterocycles. The minimum absolute atomic E-state index is 0.302. The molecule has 0 aromatic heterocycles. The summed E-state index contributed by atoms with van der Waals surface area (Å²) in [5.41, 5.74) is 2.59. The number of hydrogen-bond donors (Lipinski definition) is 2. The second-order valence-electron chi connectivity index (χ2n) is 4.34. The van der Waals surface area contributed by atoms with Crippen molar-refractivity contribution in [2.45, 2.75) is 0 Å². The van der Waals surface area contributed by atoms with E-state index in [-0.39, 0.29) is 6.03 Å². The molecule has 0 radical (unpaired) electrons. The van der Waals surface area contributed by atoms with E-state index in [0.717, 1.165) is 16.9 Å². The Balaban J connectivity index is 1.74. The predicted octanol–water partition coefficient (Wildman–Crippen LogP) is 3.83. The van der Waals surface area contributed by atoms with Crippen LogP contribution < -0.4 is 10.6 Å².